The van der Waals surface area contributed by atoms with Crippen molar-refractivity contribution in [2.45, 2.75) is 19.3 Å². The highest BCUT2D eigenvalue weighted by Crippen LogP contribution is 2.29. The summed E-state index contributed by atoms with van der Waals surface area (Å²) in [6.45, 7) is 0.564. The third kappa shape index (κ3) is 4.22. The van der Waals surface area contributed by atoms with Gasteiger partial charge in [0.15, 0.2) is 0 Å². The Morgan fingerprint density at radius 1 is 1.16 bits per heavy atom. The number of amides is 1. The van der Waals surface area contributed by atoms with E-state index in [4.69, 9.17) is 0 Å². The molecular formula is C18H17Br2N3O2. The fourth-order valence-corrected chi connectivity index (χ4v) is 3.31. The molecular weight excluding hydrogens is 450 g/mol. The smallest absolute Gasteiger partial charge is 0.255 e. The number of nitrogens with zero attached hydrogens (tertiary/aromatic N) is 1. The Kier molecular flexibility index (Phi) is 5.75. The molecule has 0 atom stereocenters. The third-order valence-corrected chi connectivity index (χ3v) is 5.81. The van der Waals surface area contributed by atoms with Crippen molar-refractivity contribution in [3.63, 3.8) is 0 Å². The van der Waals surface area contributed by atoms with Crippen molar-refractivity contribution in [2.75, 3.05) is 6.54 Å². The number of halogens is 2. The van der Waals surface area contributed by atoms with E-state index in [0.29, 0.717) is 12.1 Å². The number of hydrogen-bond donors (Lipinski definition) is 3. The lowest BCUT2D eigenvalue weighted by Crippen LogP contribution is -2.24. The zero-order valence-electron chi connectivity index (χ0n) is 13.4. The van der Waals surface area contributed by atoms with Gasteiger partial charge < -0.3 is 10.4 Å². The highest BCUT2D eigenvalue weighted by molar-refractivity contribution is 9.13. The van der Waals surface area contributed by atoms with E-state index in [1.807, 2.05) is 6.07 Å². The van der Waals surface area contributed by atoms with Crippen LogP contribution in [0.15, 0.2) is 45.3 Å². The SMILES string of the molecule is O=C(NCCCCc1[nH]nc2cc(Br)c(Br)cc12)c1ccccc1O. The van der Waals surface area contributed by atoms with Crippen molar-refractivity contribution in [3.8, 4) is 5.75 Å². The van der Waals surface area contributed by atoms with Gasteiger partial charge in [0.1, 0.15) is 5.75 Å². The first-order chi connectivity index (χ1) is 12.1. The number of nitrogens with one attached hydrogen (secondary N) is 2. The summed E-state index contributed by atoms with van der Waals surface area (Å²) in [5.41, 5.74) is 2.32. The summed E-state index contributed by atoms with van der Waals surface area (Å²) < 4.78 is 1.97. The van der Waals surface area contributed by atoms with E-state index in [2.05, 4.69) is 53.4 Å². The Hall–Kier alpha value is -1.86. The number of aryl methyl sites for hydroxylation is 1. The quantitative estimate of drug-likeness (QED) is 0.466. The molecule has 0 bridgehead atoms. The Morgan fingerprint density at radius 3 is 2.72 bits per heavy atom. The van der Waals surface area contributed by atoms with Gasteiger partial charge in [-0.05, 0) is 75.4 Å². The molecule has 0 spiro atoms. The van der Waals surface area contributed by atoms with E-state index in [1.54, 1.807) is 18.2 Å². The van der Waals surface area contributed by atoms with Crippen molar-refractivity contribution in [2.24, 2.45) is 0 Å². The molecule has 0 fully saturated rings. The predicted octanol–water partition coefficient (Wildman–Crippen LogP) is 4.55. The van der Waals surface area contributed by atoms with Crippen LogP contribution in [0.5, 0.6) is 5.75 Å². The Balaban J connectivity index is 1.50. The molecule has 0 saturated heterocycles. The fraction of sp³-hybridized carbons (Fsp3) is 0.222. The molecule has 1 heterocycles. The lowest BCUT2D eigenvalue weighted by Gasteiger charge is -2.06. The number of H-pyrrole nitrogens is 1. The van der Waals surface area contributed by atoms with Crippen LogP contribution in [0.4, 0.5) is 0 Å². The Morgan fingerprint density at radius 2 is 1.92 bits per heavy atom. The molecule has 0 aliphatic heterocycles. The van der Waals surface area contributed by atoms with E-state index in [-0.39, 0.29) is 11.7 Å². The third-order valence-electron chi connectivity index (χ3n) is 3.96. The molecule has 130 valence electrons. The Labute approximate surface area is 162 Å². The van der Waals surface area contributed by atoms with Crippen LogP contribution in [-0.2, 0) is 6.42 Å². The molecule has 3 aromatic rings. The van der Waals surface area contributed by atoms with Gasteiger partial charge in [0, 0.05) is 26.6 Å². The van der Waals surface area contributed by atoms with Crippen LogP contribution in [0.25, 0.3) is 10.9 Å². The average molecular weight is 467 g/mol. The number of unbranched alkanes of at least 4 members (excludes halogenated alkanes) is 1. The van der Waals surface area contributed by atoms with Crippen LogP contribution in [0.1, 0.15) is 28.9 Å². The van der Waals surface area contributed by atoms with Crippen molar-refractivity contribution >= 4 is 48.7 Å². The zero-order chi connectivity index (χ0) is 17.8. The number of aromatic nitrogens is 2. The number of carbonyl (C=O) groups excluding carboxylic acids is 1. The summed E-state index contributed by atoms with van der Waals surface area (Å²) in [6, 6.07) is 10.6. The summed E-state index contributed by atoms with van der Waals surface area (Å²) in [6.07, 6.45) is 2.63. The first kappa shape index (κ1) is 17.9. The molecule has 0 aliphatic carbocycles. The maximum absolute atomic E-state index is 12.0. The van der Waals surface area contributed by atoms with Crippen molar-refractivity contribution in [1.82, 2.24) is 15.5 Å². The number of phenolic OH excluding ortho intramolecular Hbond substituents is 1. The van der Waals surface area contributed by atoms with Crippen LogP contribution >= 0.6 is 31.9 Å². The second-order valence-electron chi connectivity index (χ2n) is 5.72. The summed E-state index contributed by atoms with van der Waals surface area (Å²) in [5, 5.41) is 21.0. The first-order valence-corrected chi connectivity index (χ1v) is 9.53. The molecule has 2 aromatic carbocycles. The summed E-state index contributed by atoms with van der Waals surface area (Å²) in [4.78, 5) is 12.0. The molecule has 1 amide bonds. The standard InChI is InChI=1S/C18H17Br2N3O2/c19-13-9-12-15(22-23-16(12)10-14(13)20)6-3-4-8-21-18(25)11-5-1-2-7-17(11)24/h1-2,5,7,9-10,24H,3-4,6,8H2,(H,21,25)(H,22,23). The van der Waals surface area contributed by atoms with Crippen LogP contribution in [-0.4, -0.2) is 27.8 Å². The number of carbonyl (C=O) groups is 1. The zero-order valence-corrected chi connectivity index (χ0v) is 16.5. The maximum Gasteiger partial charge on any atom is 0.255 e. The van der Waals surface area contributed by atoms with Crippen molar-refractivity contribution < 1.29 is 9.90 Å². The largest absolute Gasteiger partial charge is 0.507 e. The molecule has 1 aromatic heterocycles. The van der Waals surface area contributed by atoms with Gasteiger partial charge in [-0.3, -0.25) is 9.89 Å². The molecule has 0 saturated carbocycles. The predicted molar refractivity (Wildman–Crippen MR) is 105 cm³/mol. The normalized spacial score (nSPS) is 11.0. The first-order valence-electron chi connectivity index (χ1n) is 7.94. The Bertz CT molecular complexity index is 908. The second kappa shape index (κ2) is 8.01. The minimum atomic E-state index is -0.251. The van der Waals surface area contributed by atoms with Gasteiger partial charge in [-0.25, -0.2) is 0 Å². The highest BCUT2D eigenvalue weighted by Gasteiger charge is 2.10. The molecule has 3 rings (SSSR count). The average Bonchev–Trinajstić information content (AvgIpc) is 2.97. The minimum absolute atomic E-state index is 0.000618. The second-order valence-corrected chi connectivity index (χ2v) is 7.42. The molecule has 7 heteroatoms. The van der Waals surface area contributed by atoms with Crippen molar-refractivity contribution in [1.29, 1.82) is 0 Å². The number of aromatic hydroxyl groups is 1. The van der Waals surface area contributed by atoms with Gasteiger partial charge in [0.2, 0.25) is 0 Å². The lowest BCUT2D eigenvalue weighted by molar-refractivity contribution is 0.0950. The monoisotopic (exact) mass is 465 g/mol. The van der Waals surface area contributed by atoms with E-state index in [1.165, 1.54) is 6.07 Å². The summed E-state index contributed by atoms with van der Waals surface area (Å²) >= 11 is 6.99. The molecule has 3 N–H and O–H groups in total. The van der Waals surface area contributed by atoms with E-state index < -0.39 is 0 Å². The maximum atomic E-state index is 12.0. The number of rotatable bonds is 6. The van der Waals surface area contributed by atoms with Gasteiger partial charge in [0.25, 0.3) is 5.91 Å². The number of hydrogen-bond acceptors (Lipinski definition) is 3. The van der Waals surface area contributed by atoms with Crippen LogP contribution in [0.3, 0.4) is 0 Å². The van der Waals surface area contributed by atoms with E-state index in [0.717, 1.165) is 44.8 Å². The summed E-state index contributed by atoms with van der Waals surface area (Å²) in [5.74, 6) is -0.250. The lowest BCUT2D eigenvalue weighted by atomic mass is 10.1. The van der Waals surface area contributed by atoms with E-state index in [9.17, 15) is 9.90 Å². The van der Waals surface area contributed by atoms with Crippen molar-refractivity contribution in [3.05, 3.63) is 56.6 Å². The van der Waals surface area contributed by atoms with Crippen LogP contribution in [0, 0.1) is 0 Å². The molecule has 0 unspecified atom stereocenters. The van der Waals surface area contributed by atoms with Gasteiger partial charge in [-0.15, -0.1) is 0 Å². The highest BCUT2D eigenvalue weighted by atomic mass is 79.9. The molecule has 5 nitrogen and oxygen atoms in total. The number of phenols is 1. The van der Waals surface area contributed by atoms with Crippen LogP contribution in [0.2, 0.25) is 0 Å². The van der Waals surface area contributed by atoms with Crippen LogP contribution < -0.4 is 5.32 Å². The minimum Gasteiger partial charge on any atom is -0.507 e. The summed E-state index contributed by atoms with van der Waals surface area (Å²) in [7, 11) is 0. The topological polar surface area (TPSA) is 78.0 Å². The number of fused-ring (bicyclic) bond motifs is 1. The van der Waals surface area contributed by atoms with Gasteiger partial charge >= 0.3 is 0 Å². The van der Waals surface area contributed by atoms with Gasteiger partial charge in [-0.1, -0.05) is 12.1 Å². The number of para-hydroxylation sites is 1. The number of aromatic amines is 1. The molecule has 0 radical (unpaired) electrons. The number of benzene rings is 2. The molecule has 0 aliphatic rings. The van der Waals surface area contributed by atoms with E-state index >= 15 is 0 Å². The fourth-order valence-electron chi connectivity index (χ4n) is 2.64. The van der Waals surface area contributed by atoms with Gasteiger partial charge in [-0.2, -0.15) is 5.10 Å². The molecule has 25 heavy (non-hydrogen) atoms. The van der Waals surface area contributed by atoms with Gasteiger partial charge in [0.05, 0.1) is 11.1 Å².